The molecule has 0 unspecified atom stereocenters. The molecule has 1 aliphatic heterocycles. The van der Waals surface area contributed by atoms with Crippen LogP contribution in [0, 0.1) is 0 Å². The lowest BCUT2D eigenvalue weighted by molar-refractivity contribution is -0.132. The number of aromatic nitrogens is 1. The van der Waals surface area contributed by atoms with Gasteiger partial charge < -0.3 is 14.2 Å². The van der Waals surface area contributed by atoms with Crippen molar-refractivity contribution in [2.75, 3.05) is 31.1 Å². The maximum atomic E-state index is 12.7. The number of oxazole rings is 1. The van der Waals surface area contributed by atoms with Gasteiger partial charge in [-0.3, -0.25) is 14.2 Å². The van der Waals surface area contributed by atoms with E-state index < -0.39 is 5.76 Å². The normalized spacial score (nSPS) is 14.5. The van der Waals surface area contributed by atoms with Crippen LogP contribution in [-0.4, -0.2) is 47.3 Å². The second-order valence-electron chi connectivity index (χ2n) is 6.89. The fourth-order valence-electron chi connectivity index (χ4n) is 3.52. The summed E-state index contributed by atoms with van der Waals surface area (Å²) in [5.41, 5.74) is 2.84. The molecule has 0 bridgehead atoms. The van der Waals surface area contributed by atoms with Crippen molar-refractivity contribution in [1.82, 2.24) is 9.47 Å². The summed E-state index contributed by atoms with van der Waals surface area (Å²) in [5, 5.41) is 0. The Balaban J connectivity index is 1.40. The summed E-state index contributed by atoms with van der Waals surface area (Å²) in [4.78, 5) is 40.1. The number of hydrogen-bond donors (Lipinski definition) is 0. The van der Waals surface area contributed by atoms with E-state index in [-0.39, 0.29) is 18.2 Å². The van der Waals surface area contributed by atoms with Crippen LogP contribution in [0.1, 0.15) is 17.3 Å². The van der Waals surface area contributed by atoms with E-state index in [1.165, 1.54) is 4.57 Å². The highest BCUT2D eigenvalue weighted by atomic mass is 16.4. The van der Waals surface area contributed by atoms with Crippen LogP contribution in [-0.2, 0) is 11.3 Å². The molecule has 0 radical (unpaired) electrons. The van der Waals surface area contributed by atoms with E-state index in [9.17, 15) is 14.4 Å². The Morgan fingerprint density at radius 1 is 0.964 bits per heavy atom. The lowest BCUT2D eigenvalue weighted by Gasteiger charge is -2.36. The third-order valence-corrected chi connectivity index (χ3v) is 5.14. The van der Waals surface area contributed by atoms with Gasteiger partial charge in [-0.2, -0.15) is 0 Å². The lowest BCUT2D eigenvalue weighted by Crippen LogP contribution is -2.50. The number of amides is 1. The monoisotopic (exact) mass is 379 g/mol. The number of Topliss-reactive ketones (excluding diaryl/α,β-unsaturated/α-hetero) is 1. The van der Waals surface area contributed by atoms with Gasteiger partial charge in [0.1, 0.15) is 6.54 Å². The second-order valence-corrected chi connectivity index (χ2v) is 6.89. The van der Waals surface area contributed by atoms with Gasteiger partial charge in [-0.15, -0.1) is 0 Å². The number of fused-ring (bicyclic) bond motifs is 1. The van der Waals surface area contributed by atoms with Crippen molar-refractivity contribution in [3.05, 3.63) is 64.6 Å². The second kappa shape index (κ2) is 7.34. The fourth-order valence-corrected chi connectivity index (χ4v) is 3.52. The molecule has 0 atom stereocenters. The number of hydrogen-bond acceptors (Lipinski definition) is 5. The van der Waals surface area contributed by atoms with Crippen LogP contribution in [0.4, 0.5) is 5.69 Å². The van der Waals surface area contributed by atoms with Gasteiger partial charge in [-0.05, 0) is 43.3 Å². The van der Waals surface area contributed by atoms with E-state index in [4.69, 9.17) is 4.42 Å². The molecule has 1 saturated heterocycles. The molecule has 1 amide bonds. The molecule has 1 aromatic heterocycles. The van der Waals surface area contributed by atoms with Crippen molar-refractivity contribution < 1.29 is 14.0 Å². The van der Waals surface area contributed by atoms with Crippen molar-refractivity contribution in [3.8, 4) is 0 Å². The van der Waals surface area contributed by atoms with Gasteiger partial charge in [0.05, 0.1) is 5.52 Å². The number of para-hydroxylation sites is 2. The van der Waals surface area contributed by atoms with Crippen molar-refractivity contribution in [2.45, 2.75) is 13.5 Å². The maximum Gasteiger partial charge on any atom is 0.420 e. The average molecular weight is 379 g/mol. The van der Waals surface area contributed by atoms with E-state index in [1.807, 2.05) is 30.3 Å². The Kier molecular flexibility index (Phi) is 4.73. The van der Waals surface area contributed by atoms with Crippen molar-refractivity contribution in [1.29, 1.82) is 0 Å². The standard InChI is InChI=1S/C21H21N3O4/c1-15(25)16-6-8-17(9-7-16)22-10-12-23(13-11-22)20(26)14-24-18-4-2-3-5-19(18)28-21(24)27/h2-9H,10-14H2,1H3. The third kappa shape index (κ3) is 3.43. The zero-order valence-electron chi connectivity index (χ0n) is 15.6. The summed E-state index contributed by atoms with van der Waals surface area (Å²) >= 11 is 0. The predicted octanol–water partition coefficient (Wildman–Crippen LogP) is 2.15. The number of piperazine rings is 1. The highest BCUT2D eigenvalue weighted by molar-refractivity contribution is 5.94. The van der Waals surface area contributed by atoms with Gasteiger partial charge in [-0.1, -0.05) is 12.1 Å². The van der Waals surface area contributed by atoms with E-state index in [0.717, 1.165) is 5.69 Å². The first-order valence-electron chi connectivity index (χ1n) is 9.25. The first-order chi connectivity index (χ1) is 13.5. The topological polar surface area (TPSA) is 75.8 Å². The quantitative estimate of drug-likeness (QED) is 0.649. The van der Waals surface area contributed by atoms with Crippen LogP contribution in [0.15, 0.2) is 57.7 Å². The van der Waals surface area contributed by atoms with Crippen LogP contribution < -0.4 is 10.7 Å². The molecule has 1 aliphatic rings. The smallest absolute Gasteiger partial charge is 0.408 e. The minimum atomic E-state index is -0.515. The molecule has 3 aromatic rings. The van der Waals surface area contributed by atoms with Crippen LogP contribution in [0.3, 0.4) is 0 Å². The fraction of sp³-hybridized carbons (Fsp3) is 0.286. The zero-order chi connectivity index (χ0) is 19.7. The predicted molar refractivity (Wildman–Crippen MR) is 106 cm³/mol. The number of ketones is 1. The molecule has 0 spiro atoms. The maximum absolute atomic E-state index is 12.7. The molecule has 7 heteroatoms. The summed E-state index contributed by atoms with van der Waals surface area (Å²) in [6, 6.07) is 14.6. The van der Waals surface area contributed by atoms with Gasteiger partial charge >= 0.3 is 5.76 Å². The highest BCUT2D eigenvalue weighted by Crippen LogP contribution is 2.18. The van der Waals surface area contributed by atoms with Crippen LogP contribution >= 0.6 is 0 Å². The molecule has 0 N–H and O–H groups in total. The molecule has 144 valence electrons. The number of nitrogens with zero attached hydrogens (tertiary/aromatic N) is 3. The summed E-state index contributed by atoms with van der Waals surface area (Å²) in [6.45, 7) is 4.09. The highest BCUT2D eigenvalue weighted by Gasteiger charge is 2.23. The molecular weight excluding hydrogens is 358 g/mol. The van der Waals surface area contributed by atoms with Gasteiger partial charge in [0.15, 0.2) is 11.4 Å². The molecule has 28 heavy (non-hydrogen) atoms. The first-order valence-corrected chi connectivity index (χ1v) is 9.25. The SMILES string of the molecule is CC(=O)c1ccc(N2CCN(C(=O)Cn3c(=O)oc4ccccc43)CC2)cc1. The molecule has 4 rings (SSSR count). The Bertz CT molecular complexity index is 1070. The number of benzene rings is 2. The van der Waals surface area contributed by atoms with E-state index in [2.05, 4.69) is 4.90 Å². The molecule has 0 saturated carbocycles. The first kappa shape index (κ1) is 18.0. The molecule has 7 nitrogen and oxygen atoms in total. The minimum Gasteiger partial charge on any atom is -0.408 e. The van der Waals surface area contributed by atoms with Crippen LogP contribution in [0.2, 0.25) is 0 Å². The van der Waals surface area contributed by atoms with Crippen molar-refractivity contribution in [2.24, 2.45) is 0 Å². The van der Waals surface area contributed by atoms with Gasteiger partial charge in [0, 0.05) is 37.4 Å². The number of carbonyl (C=O) groups excluding carboxylic acids is 2. The number of anilines is 1. The van der Waals surface area contributed by atoms with Crippen molar-refractivity contribution in [3.63, 3.8) is 0 Å². The Morgan fingerprint density at radius 3 is 2.32 bits per heavy atom. The zero-order valence-corrected chi connectivity index (χ0v) is 15.6. The Labute approximate surface area is 161 Å². The van der Waals surface area contributed by atoms with E-state index >= 15 is 0 Å². The molecule has 2 aromatic carbocycles. The van der Waals surface area contributed by atoms with Crippen LogP contribution in [0.5, 0.6) is 0 Å². The van der Waals surface area contributed by atoms with Crippen molar-refractivity contribution >= 4 is 28.5 Å². The van der Waals surface area contributed by atoms with Gasteiger partial charge in [0.2, 0.25) is 5.91 Å². The summed E-state index contributed by atoms with van der Waals surface area (Å²) in [6.07, 6.45) is 0. The molecule has 0 aliphatic carbocycles. The van der Waals surface area contributed by atoms with E-state index in [0.29, 0.717) is 42.8 Å². The summed E-state index contributed by atoms with van der Waals surface area (Å²) in [5.74, 6) is -0.567. The molecular formula is C21H21N3O4. The van der Waals surface area contributed by atoms with Gasteiger partial charge in [-0.25, -0.2) is 4.79 Å². The molecule has 1 fully saturated rings. The minimum absolute atomic E-state index is 0.0246. The van der Waals surface area contributed by atoms with Crippen LogP contribution in [0.25, 0.3) is 11.1 Å². The summed E-state index contributed by atoms with van der Waals surface area (Å²) < 4.78 is 6.57. The largest absolute Gasteiger partial charge is 0.420 e. The Morgan fingerprint density at radius 2 is 1.64 bits per heavy atom. The Hall–Kier alpha value is -3.35. The number of carbonyl (C=O) groups is 2. The average Bonchev–Trinajstić information content (AvgIpc) is 3.03. The number of rotatable bonds is 4. The lowest BCUT2D eigenvalue weighted by atomic mass is 10.1. The van der Waals surface area contributed by atoms with E-state index in [1.54, 1.807) is 30.0 Å². The van der Waals surface area contributed by atoms with Gasteiger partial charge in [0.25, 0.3) is 0 Å². The third-order valence-electron chi connectivity index (χ3n) is 5.14. The molecule has 2 heterocycles. The summed E-state index contributed by atoms with van der Waals surface area (Å²) in [7, 11) is 0.